The molecule has 2 heterocycles. The van der Waals surface area contributed by atoms with Gasteiger partial charge in [-0.05, 0) is 49.9 Å². The molecule has 2 aliphatic rings. The third-order valence-corrected chi connectivity index (χ3v) is 5.44. The van der Waals surface area contributed by atoms with E-state index in [4.69, 9.17) is 16.3 Å². The van der Waals surface area contributed by atoms with Gasteiger partial charge in [-0.3, -0.25) is 0 Å². The van der Waals surface area contributed by atoms with E-state index in [0.717, 1.165) is 22.5 Å². The van der Waals surface area contributed by atoms with E-state index in [0.29, 0.717) is 24.2 Å². The van der Waals surface area contributed by atoms with Gasteiger partial charge >= 0.3 is 0 Å². The molecule has 1 N–H and O–H groups in total. The molecule has 0 radical (unpaired) electrons. The van der Waals surface area contributed by atoms with E-state index in [9.17, 15) is 0 Å². The van der Waals surface area contributed by atoms with Gasteiger partial charge in [-0.2, -0.15) is 0 Å². The van der Waals surface area contributed by atoms with Gasteiger partial charge < -0.3 is 10.1 Å². The van der Waals surface area contributed by atoms with Crippen LogP contribution < -0.4 is 5.32 Å². The first-order valence-electron chi connectivity index (χ1n) is 7.50. The largest absolute Gasteiger partial charge is 0.375 e. The average Bonchev–Trinajstić information content (AvgIpc) is 3.03. The summed E-state index contributed by atoms with van der Waals surface area (Å²) >= 11 is 9.84. The summed E-state index contributed by atoms with van der Waals surface area (Å²) in [6.45, 7) is 3.16. The second-order valence-corrected chi connectivity index (χ2v) is 7.20. The molecule has 0 aromatic heterocycles. The number of rotatable bonds is 5. The first-order valence-corrected chi connectivity index (χ1v) is 8.67. The van der Waals surface area contributed by atoms with Crippen LogP contribution in [0.4, 0.5) is 0 Å². The van der Waals surface area contributed by atoms with E-state index in [-0.39, 0.29) is 0 Å². The van der Waals surface area contributed by atoms with E-state index < -0.39 is 0 Å². The predicted molar refractivity (Wildman–Crippen MR) is 86.3 cm³/mol. The maximum absolute atomic E-state index is 6.37. The van der Waals surface area contributed by atoms with Crippen molar-refractivity contribution < 1.29 is 4.74 Å². The van der Waals surface area contributed by atoms with Crippen LogP contribution in [-0.4, -0.2) is 24.8 Å². The van der Waals surface area contributed by atoms with Crippen molar-refractivity contribution in [1.29, 1.82) is 0 Å². The summed E-state index contributed by atoms with van der Waals surface area (Å²) in [6, 6.07) is 6.65. The zero-order valence-corrected chi connectivity index (χ0v) is 14.1. The Bertz CT molecular complexity index is 482. The molecule has 2 saturated heterocycles. The zero-order valence-electron chi connectivity index (χ0n) is 11.7. The minimum atomic E-state index is 0.457. The van der Waals surface area contributed by atoms with Gasteiger partial charge in [-0.1, -0.05) is 40.5 Å². The lowest BCUT2D eigenvalue weighted by atomic mass is 9.81. The van der Waals surface area contributed by atoms with Crippen molar-refractivity contribution in [2.75, 3.05) is 6.54 Å². The first kappa shape index (κ1) is 14.8. The quantitative estimate of drug-likeness (QED) is 0.852. The lowest BCUT2D eigenvalue weighted by molar-refractivity contribution is 0.0858. The Morgan fingerprint density at radius 1 is 1.45 bits per heavy atom. The molecular weight excluding hydrogens is 338 g/mol. The maximum atomic E-state index is 6.37. The van der Waals surface area contributed by atoms with Crippen LogP contribution >= 0.6 is 27.5 Å². The van der Waals surface area contributed by atoms with Crippen molar-refractivity contribution in [3.05, 3.63) is 33.3 Å². The molecule has 110 valence electrons. The molecule has 0 saturated carbocycles. The smallest absolute Gasteiger partial charge is 0.0623 e. The molecule has 2 bridgehead atoms. The van der Waals surface area contributed by atoms with E-state index in [1.165, 1.54) is 24.8 Å². The number of benzene rings is 1. The number of likely N-dealkylation sites (N-methyl/N-ethyl adjacent to an activating group) is 1. The van der Waals surface area contributed by atoms with E-state index in [2.05, 4.69) is 40.3 Å². The number of ether oxygens (including phenoxy) is 1. The summed E-state index contributed by atoms with van der Waals surface area (Å²) in [7, 11) is 0. The van der Waals surface area contributed by atoms with Crippen molar-refractivity contribution in [2.45, 2.75) is 50.9 Å². The fourth-order valence-electron chi connectivity index (χ4n) is 3.66. The highest BCUT2D eigenvalue weighted by Gasteiger charge is 2.44. The number of nitrogens with one attached hydrogen (secondary N) is 1. The predicted octanol–water partition coefficient (Wildman–Crippen LogP) is 4.19. The number of halogens is 2. The van der Waals surface area contributed by atoms with Gasteiger partial charge in [0.15, 0.2) is 0 Å². The molecule has 4 atom stereocenters. The van der Waals surface area contributed by atoms with Crippen molar-refractivity contribution in [2.24, 2.45) is 5.92 Å². The molecule has 4 heteroatoms. The Labute approximate surface area is 134 Å². The molecule has 1 aromatic carbocycles. The average molecular weight is 359 g/mol. The van der Waals surface area contributed by atoms with Crippen LogP contribution in [0.25, 0.3) is 0 Å². The summed E-state index contributed by atoms with van der Waals surface area (Å²) in [6.07, 6.45) is 5.63. The van der Waals surface area contributed by atoms with E-state index in [1.54, 1.807) is 0 Å². The van der Waals surface area contributed by atoms with Crippen LogP contribution in [0.1, 0.15) is 31.7 Å². The fourth-order valence-corrected chi connectivity index (χ4v) is 4.41. The van der Waals surface area contributed by atoms with Gasteiger partial charge in [-0.15, -0.1) is 0 Å². The monoisotopic (exact) mass is 357 g/mol. The molecule has 20 heavy (non-hydrogen) atoms. The molecule has 2 aliphatic heterocycles. The Balaban J connectivity index is 1.74. The van der Waals surface area contributed by atoms with Gasteiger partial charge in [0.2, 0.25) is 0 Å². The Kier molecular flexibility index (Phi) is 4.71. The molecule has 0 spiro atoms. The molecule has 2 nitrogen and oxygen atoms in total. The highest BCUT2D eigenvalue weighted by Crippen LogP contribution is 2.41. The summed E-state index contributed by atoms with van der Waals surface area (Å²) < 4.78 is 7.06. The summed E-state index contributed by atoms with van der Waals surface area (Å²) in [5, 5.41) is 4.50. The highest BCUT2D eigenvalue weighted by molar-refractivity contribution is 9.10. The number of hydrogen-bond donors (Lipinski definition) is 1. The fraction of sp³-hybridized carbons (Fsp3) is 0.625. The van der Waals surface area contributed by atoms with Crippen LogP contribution in [0.2, 0.25) is 5.02 Å². The van der Waals surface area contributed by atoms with Gasteiger partial charge in [-0.25, -0.2) is 0 Å². The summed E-state index contributed by atoms with van der Waals surface area (Å²) in [4.78, 5) is 0. The molecule has 0 aliphatic carbocycles. The van der Waals surface area contributed by atoms with Gasteiger partial charge in [0.1, 0.15) is 0 Å². The third-order valence-electron chi connectivity index (χ3n) is 4.59. The second-order valence-electron chi connectivity index (χ2n) is 5.88. The van der Waals surface area contributed by atoms with Gasteiger partial charge in [0.25, 0.3) is 0 Å². The SMILES string of the molecule is CCNC(Cc1ccc(Br)cc1Cl)C1CC2CCC1O2. The number of hydrogen-bond acceptors (Lipinski definition) is 2. The van der Waals surface area contributed by atoms with Crippen molar-refractivity contribution in [3.63, 3.8) is 0 Å². The molecule has 3 rings (SSSR count). The molecular formula is C16H21BrClNO. The summed E-state index contributed by atoms with van der Waals surface area (Å²) in [5.41, 5.74) is 1.23. The molecule has 4 unspecified atom stereocenters. The first-order chi connectivity index (χ1) is 9.67. The maximum Gasteiger partial charge on any atom is 0.0623 e. The Hall–Kier alpha value is -0.0900. The molecule has 0 amide bonds. The lowest BCUT2D eigenvalue weighted by Gasteiger charge is -2.29. The van der Waals surface area contributed by atoms with Crippen LogP contribution in [0.5, 0.6) is 0 Å². The number of fused-ring (bicyclic) bond motifs is 2. The minimum absolute atomic E-state index is 0.457. The Morgan fingerprint density at radius 3 is 2.90 bits per heavy atom. The van der Waals surface area contributed by atoms with Crippen molar-refractivity contribution >= 4 is 27.5 Å². The van der Waals surface area contributed by atoms with Crippen LogP contribution in [0.15, 0.2) is 22.7 Å². The second kappa shape index (κ2) is 6.35. The molecule has 2 fully saturated rings. The normalized spacial score (nSPS) is 29.9. The third kappa shape index (κ3) is 3.06. The van der Waals surface area contributed by atoms with Crippen LogP contribution in [0, 0.1) is 5.92 Å². The van der Waals surface area contributed by atoms with Crippen molar-refractivity contribution in [1.82, 2.24) is 5.32 Å². The van der Waals surface area contributed by atoms with Gasteiger partial charge in [0.05, 0.1) is 12.2 Å². The van der Waals surface area contributed by atoms with Gasteiger partial charge in [0, 0.05) is 21.5 Å². The Morgan fingerprint density at radius 2 is 2.30 bits per heavy atom. The molecule has 1 aromatic rings. The highest BCUT2D eigenvalue weighted by atomic mass is 79.9. The van der Waals surface area contributed by atoms with Crippen molar-refractivity contribution in [3.8, 4) is 0 Å². The summed E-state index contributed by atoms with van der Waals surface area (Å²) in [5.74, 6) is 0.633. The zero-order chi connectivity index (χ0) is 14.1. The standard InChI is InChI=1S/C16H21BrClNO/c1-2-19-15(13-9-12-5-6-16(13)20-12)7-10-3-4-11(17)8-14(10)18/h3-4,8,12-13,15-16,19H,2,5-7,9H2,1H3. The lowest BCUT2D eigenvalue weighted by Crippen LogP contribution is -2.42. The minimum Gasteiger partial charge on any atom is -0.375 e. The van der Waals surface area contributed by atoms with E-state index >= 15 is 0 Å². The van der Waals surface area contributed by atoms with Crippen LogP contribution in [-0.2, 0) is 11.2 Å². The van der Waals surface area contributed by atoms with E-state index in [1.807, 2.05) is 6.07 Å². The van der Waals surface area contributed by atoms with Crippen LogP contribution in [0.3, 0.4) is 0 Å². The topological polar surface area (TPSA) is 21.3 Å².